The van der Waals surface area contributed by atoms with Crippen molar-refractivity contribution in [3.05, 3.63) is 112 Å². The predicted octanol–water partition coefficient (Wildman–Crippen LogP) is 6.56. The SMILES string of the molecule is O=C1c2ccccc2-c2c1c([C@@H]1C[C@H]1c1ccccc1)nn2-c1ccnc2cc(Cl)ccc12. The smallest absolute Gasteiger partial charge is 0.197 e. The third kappa shape index (κ3) is 2.74. The van der Waals surface area contributed by atoms with E-state index in [1.165, 1.54) is 5.56 Å². The van der Waals surface area contributed by atoms with Crippen LogP contribution in [-0.2, 0) is 0 Å². The monoisotopic (exact) mass is 447 g/mol. The quantitative estimate of drug-likeness (QED) is 0.309. The van der Waals surface area contributed by atoms with Gasteiger partial charge in [0.25, 0.3) is 0 Å². The van der Waals surface area contributed by atoms with Crippen LogP contribution in [0.3, 0.4) is 0 Å². The maximum absolute atomic E-state index is 13.6. The van der Waals surface area contributed by atoms with Gasteiger partial charge in [-0.05, 0) is 42.2 Å². The van der Waals surface area contributed by atoms with Crippen molar-refractivity contribution < 1.29 is 4.79 Å². The molecule has 158 valence electrons. The minimum atomic E-state index is 0.0713. The van der Waals surface area contributed by atoms with Gasteiger partial charge in [-0.15, -0.1) is 0 Å². The Morgan fingerprint density at radius 2 is 1.67 bits per heavy atom. The number of hydrogen-bond acceptors (Lipinski definition) is 3. The topological polar surface area (TPSA) is 47.8 Å². The van der Waals surface area contributed by atoms with E-state index in [1.807, 2.05) is 59.3 Å². The molecule has 0 bridgehead atoms. The fraction of sp³-hybridized carbons (Fsp3) is 0.107. The van der Waals surface area contributed by atoms with Gasteiger partial charge in [0.15, 0.2) is 5.78 Å². The van der Waals surface area contributed by atoms with Crippen LogP contribution in [-0.4, -0.2) is 20.5 Å². The molecule has 2 heterocycles. The molecule has 0 radical (unpaired) electrons. The molecule has 7 rings (SSSR count). The van der Waals surface area contributed by atoms with Crippen molar-refractivity contribution >= 4 is 28.3 Å². The highest BCUT2D eigenvalue weighted by Crippen LogP contribution is 2.57. The number of carbonyl (C=O) groups excluding carboxylic acids is 1. The minimum absolute atomic E-state index is 0.0713. The van der Waals surface area contributed by atoms with E-state index < -0.39 is 0 Å². The van der Waals surface area contributed by atoms with Crippen LogP contribution in [0.5, 0.6) is 0 Å². The molecule has 0 saturated heterocycles. The minimum Gasteiger partial charge on any atom is -0.288 e. The van der Waals surface area contributed by atoms with Crippen LogP contribution in [0.15, 0.2) is 85.1 Å². The summed E-state index contributed by atoms with van der Waals surface area (Å²) < 4.78 is 1.95. The van der Waals surface area contributed by atoms with E-state index in [9.17, 15) is 4.79 Å². The molecule has 2 aliphatic rings. The number of hydrogen-bond donors (Lipinski definition) is 0. The zero-order chi connectivity index (χ0) is 22.1. The Balaban J connectivity index is 1.47. The van der Waals surface area contributed by atoms with Crippen molar-refractivity contribution in [3.63, 3.8) is 0 Å². The summed E-state index contributed by atoms with van der Waals surface area (Å²) in [6.45, 7) is 0. The fourth-order valence-corrected chi connectivity index (χ4v) is 5.39. The lowest BCUT2D eigenvalue weighted by Crippen LogP contribution is -2.03. The number of fused-ring (bicyclic) bond motifs is 4. The van der Waals surface area contributed by atoms with Crippen LogP contribution >= 0.6 is 11.6 Å². The van der Waals surface area contributed by atoms with Crippen LogP contribution < -0.4 is 0 Å². The number of rotatable bonds is 3. The second-order valence-corrected chi connectivity index (χ2v) is 9.18. The fourth-order valence-electron chi connectivity index (χ4n) is 5.22. The molecule has 5 heteroatoms. The van der Waals surface area contributed by atoms with Crippen LogP contribution in [0.25, 0.3) is 27.8 Å². The third-order valence-corrected chi connectivity index (χ3v) is 7.08. The van der Waals surface area contributed by atoms with Gasteiger partial charge in [0, 0.05) is 33.7 Å². The zero-order valence-electron chi connectivity index (χ0n) is 17.6. The number of pyridine rings is 1. The first-order valence-electron chi connectivity index (χ1n) is 11.1. The summed E-state index contributed by atoms with van der Waals surface area (Å²) in [5.41, 5.74) is 7.23. The van der Waals surface area contributed by atoms with Gasteiger partial charge in [0.1, 0.15) is 0 Å². The van der Waals surface area contributed by atoms with Gasteiger partial charge in [-0.2, -0.15) is 5.10 Å². The maximum atomic E-state index is 13.6. The number of benzene rings is 3. The van der Waals surface area contributed by atoms with Crippen molar-refractivity contribution in [3.8, 4) is 16.9 Å². The average molecular weight is 448 g/mol. The maximum Gasteiger partial charge on any atom is 0.197 e. The standard InChI is InChI=1S/C28H18ClN3O/c29-17-10-11-20-23(14-17)30-13-12-24(20)32-27-18-8-4-5-9-19(18)28(33)25(27)26(31-32)22-15-21(22)16-6-2-1-3-7-16/h1-14,21-22H,15H2/t21-,22+/m0/s1. The van der Waals surface area contributed by atoms with E-state index >= 15 is 0 Å². The van der Waals surface area contributed by atoms with Gasteiger partial charge in [-0.3, -0.25) is 9.78 Å². The van der Waals surface area contributed by atoms with Crippen LogP contribution in [0, 0.1) is 0 Å². The summed E-state index contributed by atoms with van der Waals surface area (Å²) in [5, 5.41) is 6.69. The largest absolute Gasteiger partial charge is 0.288 e. The Morgan fingerprint density at radius 1 is 0.879 bits per heavy atom. The van der Waals surface area contributed by atoms with E-state index in [0.29, 0.717) is 10.9 Å². The summed E-state index contributed by atoms with van der Waals surface area (Å²) >= 11 is 6.22. The van der Waals surface area contributed by atoms with E-state index in [-0.39, 0.29) is 11.7 Å². The molecule has 0 unspecified atom stereocenters. The number of carbonyl (C=O) groups is 1. The summed E-state index contributed by atoms with van der Waals surface area (Å²) in [4.78, 5) is 18.0. The van der Waals surface area contributed by atoms with Gasteiger partial charge in [-0.1, -0.05) is 66.2 Å². The highest BCUT2D eigenvalue weighted by Gasteiger charge is 2.46. The molecular formula is C28H18ClN3O. The highest BCUT2D eigenvalue weighted by molar-refractivity contribution is 6.31. The Labute approximate surface area is 195 Å². The number of halogens is 1. The van der Waals surface area contributed by atoms with Gasteiger partial charge in [-0.25, -0.2) is 4.68 Å². The summed E-state index contributed by atoms with van der Waals surface area (Å²) in [5.74, 6) is 0.702. The van der Waals surface area contributed by atoms with Gasteiger partial charge in [0.05, 0.1) is 28.2 Å². The first-order valence-corrected chi connectivity index (χ1v) is 11.4. The van der Waals surface area contributed by atoms with Crippen LogP contribution in [0.1, 0.15) is 45.4 Å². The molecule has 2 aromatic heterocycles. The third-order valence-electron chi connectivity index (χ3n) is 6.85. The molecule has 2 aliphatic carbocycles. The highest BCUT2D eigenvalue weighted by atomic mass is 35.5. The summed E-state index contributed by atoms with van der Waals surface area (Å²) in [6, 6.07) is 26.0. The summed E-state index contributed by atoms with van der Waals surface area (Å²) in [6.07, 6.45) is 2.78. The molecule has 0 amide bonds. The Bertz CT molecular complexity index is 1590. The lowest BCUT2D eigenvalue weighted by atomic mass is 10.0. The molecule has 0 spiro atoms. The molecule has 0 aliphatic heterocycles. The Hall–Kier alpha value is -3.76. The average Bonchev–Trinajstić information content (AvgIpc) is 3.47. The Morgan fingerprint density at radius 3 is 2.52 bits per heavy atom. The zero-order valence-corrected chi connectivity index (χ0v) is 18.3. The number of aromatic nitrogens is 3. The van der Waals surface area contributed by atoms with Crippen molar-refractivity contribution in [1.82, 2.24) is 14.8 Å². The van der Waals surface area contributed by atoms with E-state index in [1.54, 1.807) is 6.20 Å². The lowest BCUT2D eigenvalue weighted by Gasteiger charge is -2.10. The first kappa shape index (κ1) is 18.8. The molecule has 0 N–H and O–H groups in total. The van der Waals surface area contributed by atoms with Crippen molar-refractivity contribution in [2.45, 2.75) is 18.3 Å². The molecule has 4 nitrogen and oxygen atoms in total. The van der Waals surface area contributed by atoms with Crippen LogP contribution in [0.4, 0.5) is 0 Å². The number of ketones is 1. The lowest BCUT2D eigenvalue weighted by molar-refractivity contribution is 0.104. The van der Waals surface area contributed by atoms with E-state index in [0.717, 1.165) is 51.1 Å². The van der Waals surface area contributed by atoms with E-state index in [2.05, 4.69) is 29.2 Å². The predicted molar refractivity (Wildman–Crippen MR) is 129 cm³/mol. The van der Waals surface area contributed by atoms with Gasteiger partial charge >= 0.3 is 0 Å². The number of nitrogens with zero attached hydrogens (tertiary/aromatic N) is 3. The van der Waals surface area contributed by atoms with E-state index in [4.69, 9.17) is 16.7 Å². The molecule has 3 aromatic carbocycles. The molecule has 1 saturated carbocycles. The van der Waals surface area contributed by atoms with Crippen LogP contribution in [0.2, 0.25) is 5.02 Å². The molecule has 1 fully saturated rings. The second kappa shape index (κ2) is 6.87. The van der Waals surface area contributed by atoms with Crippen molar-refractivity contribution in [2.24, 2.45) is 0 Å². The Kier molecular flexibility index (Phi) is 3.91. The first-order chi connectivity index (χ1) is 16.2. The molecule has 2 atom stereocenters. The van der Waals surface area contributed by atoms with Crippen molar-refractivity contribution in [1.29, 1.82) is 0 Å². The molecular weight excluding hydrogens is 430 g/mol. The summed E-state index contributed by atoms with van der Waals surface area (Å²) in [7, 11) is 0. The molecule has 33 heavy (non-hydrogen) atoms. The van der Waals surface area contributed by atoms with Gasteiger partial charge < -0.3 is 0 Å². The molecule has 5 aromatic rings. The normalized spacial score (nSPS) is 18.4. The second-order valence-electron chi connectivity index (χ2n) is 8.75. The van der Waals surface area contributed by atoms with Crippen molar-refractivity contribution in [2.75, 3.05) is 0 Å². The van der Waals surface area contributed by atoms with Gasteiger partial charge in [0.2, 0.25) is 0 Å².